The maximum atomic E-state index is 9.85. The van der Waals surface area contributed by atoms with Crippen LogP contribution in [-0.4, -0.2) is 37.7 Å². The van der Waals surface area contributed by atoms with Gasteiger partial charge in [-0.3, -0.25) is 0 Å². The summed E-state index contributed by atoms with van der Waals surface area (Å²) in [4.78, 5) is 15.6. The van der Waals surface area contributed by atoms with Crippen molar-refractivity contribution < 1.29 is 4.79 Å². The van der Waals surface area contributed by atoms with Gasteiger partial charge in [0, 0.05) is 6.54 Å². The molecule has 1 aliphatic rings. The quantitative estimate of drug-likeness (QED) is 0.353. The molecule has 1 saturated heterocycles. The van der Waals surface area contributed by atoms with Gasteiger partial charge in [-0.15, -0.1) is 0 Å². The van der Waals surface area contributed by atoms with Crippen molar-refractivity contribution in [2.45, 2.75) is 6.42 Å². The van der Waals surface area contributed by atoms with E-state index in [0.717, 1.165) is 25.1 Å². The summed E-state index contributed by atoms with van der Waals surface area (Å²) in [6, 6.07) is 0. The van der Waals surface area contributed by atoms with Gasteiger partial charge in [-0.2, -0.15) is 0 Å². The highest BCUT2D eigenvalue weighted by Crippen LogP contribution is 2.21. The van der Waals surface area contributed by atoms with E-state index in [9.17, 15) is 4.79 Å². The number of aliphatic imine (C=N–C) groups is 1. The molecule has 1 unspecified atom stereocenters. The molecule has 3 nitrogen and oxygen atoms in total. The molecule has 0 radical (unpaired) electrons. The van der Waals surface area contributed by atoms with E-state index in [1.54, 1.807) is 0 Å². The molecule has 0 aromatic carbocycles. The largest absolute Gasteiger partial charge is 0.306 e. The number of isocyanates is 1. The second-order valence-corrected chi connectivity index (χ2v) is 3.31. The van der Waals surface area contributed by atoms with Gasteiger partial charge in [0.1, 0.15) is 0 Å². The third kappa shape index (κ3) is 2.29. The Labute approximate surface area is 72.8 Å². The van der Waals surface area contributed by atoms with Crippen molar-refractivity contribution in [3.8, 4) is 0 Å². The van der Waals surface area contributed by atoms with E-state index < -0.39 is 0 Å². The molecule has 1 heterocycles. The molecule has 3 heteroatoms. The van der Waals surface area contributed by atoms with Crippen molar-refractivity contribution in [1.82, 2.24) is 4.90 Å². The third-order valence-corrected chi connectivity index (χ3v) is 2.32. The number of carbonyl (C=O) groups excluding carboxylic acids is 1. The first-order valence-corrected chi connectivity index (χ1v) is 4.14. The Morgan fingerprint density at radius 3 is 3.08 bits per heavy atom. The van der Waals surface area contributed by atoms with Gasteiger partial charge in [-0.05, 0) is 25.9 Å². The highest BCUT2D eigenvalue weighted by molar-refractivity contribution is 5.34. The molecule has 1 aliphatic heterocycles. The molecule has 0 spiro atoms. The van der Waals surface area contributed by atoms with Crippen molar-refractivity contribution in [1.29, 1.82) is 0 Å². The first-order valence-electron chi connectivity index (χ1n) is 4.14. The van der Waals surface area contributed by atoms with Gasteiger partial charge in [-0.25, -0.2) is 9.79 Å². The fourth-order valence-electron chi connectivity index (χ4n) is 1.53. The second-order valence-electron chi connectivity index (χ2n) is 3.31. The molecular weight excluding hydrogens is 152 g/mol. The van der Waals surface area contributed by atoms with Crippen LogP contribution in [-0.2, 0) is 4.79 Å². The van der Waals surface area contributed by atoms with E-state index in [0.29, 0.717) is 12.5 Å². The van der Waals surface area contributed by atoms with E-state index in [2.05, 4.69) is 23.5 Å². The molecule has 0 aliphatic carbocycles. The summed E-state index contributed by atoms with van der Waals surface area (Å²) in [5.41, 5.74) is 1.06. The van der Waals surface area contributed by atoms with Crippen molar-refractivity contribution in [3.05, 3.63) is 12.2 Å². The Balaban J connectivity index is 2.38. The Bertz CT molecular complexity index is 219. The van der Waals surface area contributed by atoms with Crippen LogP contribution in [0.25, 0.3) is 0 Å². The van der Waals surface area contributed by atoms with Crippen molar-refractivity contribution in [2.24, 2.45) is 10.9 Å². The van der Waals surface area contributed by atoms with Crippen LogP contribution in [0.15, 0.2) is 17.1 Å². The van der Waals surface area contributed by atoms with E-state index >= 15 is 0 Å². The van der Waals surface area contributed by atoms with E-state index in [-0.39, 0.29) is 0 Å². The van der Waals surface area contributed by atoms with Crippen molar-refractivity contribution in [3.63, 3.8) is 0 Å². The smallest absolute Gasteiger partial charge is 0.235 e. The first-order chi connectivity index (χ1) is 5.74. The number of rotatable bonds is 3. The Morgan fingerprint density at radius 2 is 2.58 bits per heavy atom. The van der Waals surface area contributed by atoms with Gasteiger partial charge in [-0.1, -0.05) is 12.2 Å². The Morgan fingerprint density at radius 1 is 1.83 bits per heavy atom. The van der Waals surface area contributed by atoms with E-state index in [4.69, 9.17) is 0 Å². The van der Waals surface area contributed by atoms with Crippen LogP contribution in [0.1, 0.15) is 6.42 Å². The predicted octanol–water partition coefficient (Wildman–Crippen LogP) is 0.830. The summed E-state index contributed by atoms with van der Waals surface area (Å²) in [5, 5.41) is 0. The van der Waals surface area contributed by atoms with Crippen LogP contribution in [0.3, 0.4) is 0 Å². The van der Waals surface area contributed by atoms with Gasteiger partial charge in [0.2, 0.25) is 6.08 Å². The molecule has 0 amide bonds. The van der Waals surface area contributed by atoms with Crippen molar-refractivity contribution >= 4 is 6.08 Å². The molecule has 1 rings (SSSR count). The van der Waals surface area contributed by atoms with Crippen LogP contribution < -0.4 is 0 Å². The van der Waals surface area contributed by atoms with E-state index in [1.165, 1.54) is 6.08 Å². The van der Waals surface area contributed by atoms with Crippen LogP contribution in [0.2, 0.25) is 0 Å². The summed E-state index contributed by atoms with van der Waals surface area (Å²) in [6.45, 7) is 6.52. The normalized spacial score (nSPS) is 23.6. The van der Waals surface area contributed by atoms with E-state index in [1.807, 2.05) is 0 Å². The minimum absolute atomic E-state index is 0.446. The lowest BCUT2D eigenvalue weighted by molar-refractivity contribution is 0.405. The van der Waals surface area contributed by atoms with Crippen LogP contribution >= 0.6 is 0 Å². The number of hydrogen-bond donors (Lipinski definition) is 0. The summed E-state index contributed by atoms with van der Waals surface area (Å²) < 4.78 is 0. The molecule has 0 aromatic rings. The predicted molar refractivity (Wildman–Crippen MR) is 47.7 cm³/mol. The zero-order valence-electron chi connectivity index (χ0n) is 7.42. The minimum atomic E-state index is 0.446. The van der Waals surface area contributed by atoms with Crippen LogP contribution in [0.4, 0.5) is 0 Å². The van der Waals surface area contributed by atoms with Crippen molar-refractivity contribution in [2.75, 3.05) is 26.7 Å². The summed E-state index contributed by atoms with van der Waals surface area (Å²) in [7, 11) is 2.09. The monoisotopic (exact) mass is 166 g/mol. The molecule has 0 aromatic heterocycles. The highest BCUT2D eigenvalue weighted by Gasteiger charge is 2.21. The molecule has 1 atom stereocenters. The Hall–Kier alpha value is -0.920. The molecule has 0 saturated carbocycles. The first kappa shape index (κ1) is 9.17. The zero-order valence-corrected chi connectivity index (χ0v) is 7.42. The lowest BCUT2D eigenvalue weighted by Gasteiger charge is -2.10. The second kappa shape index (κ2) is 4.19. The van der Waals surface area contributed by atoms with Gasteiger partial charge in [0.15, 0.2) is 0 Å². The molecular formula is C9H14N2O. The molecule has 1 fully saturated rings. The number of likely N-dealkylation sites (tertiary alicyclic amines) is 1. The van der Waals surface area contributed by atoms with Gasteiger partial charge in [0.25, 0.3) is 0 Å². The van der Waals surface area contributed by atoms with Crippen LogP contribution in [0, 0.1) is 5.92 Å². The summed E-state index contributed by atoms with van der Waals surface area (Å²) >= 11 is 0. The molecule has 0 bridgehead atoms. The SMILES string of the molecule is C=C(CN=C=O)C1CCN(C)C1. The molecule has 66 valence electrons. The number of hydrogen-bond acceptors (Lipinski definition) is 3. The van der Waals surface area contributed by atoms with Gasteiger partial charge < -0.3 is 4.90 Å². The van der Waals surface area contributed by atoms with Crippen LogP contribution in [0.5, 0.6) is 0 Å². The highest BCUT2D eigenvalue weighted by atomic mass is 16.1. The number of nitrogens with zero attached hydrogens (tertiary/aromatic N) is 2. The standard InChI is InChI=1S/C9H14N2O/c1-8(5-10-7-12)9-3-4-11(2)6-9/h9H,1,3-6H2,2H3. The Kier molecular flexibility index (Phi) is 3.20. The minimum Gasteiger partial charge on any atom is -0.306 e. The molecule has 0 N–H and O–H groups in total. The topological polar surface area (TPSA) is 32.7 Å². The fraction of sp³-hybridized carbons (Fsp3) is 0.667. The van der Waals surface area contributed by atoms with Gasteiger partial charge >= 0.3 is 0 Å². The molecule has 12 heavy (non-hydrogen) atoms. The maximum absolute atomic E-state index is 9.85. The lowest BCUT2D eigenvalue weighted by Crippen LogP contribution is -2.15. The zero-order chi connectivity index (χ0) is 8.97. The van der Waals surface area contributed by atoms with Gasteiger partial charge in [0.05, 0.1) is 6.54 Å². The summed E-state index contributed by atoms with van der Waals surface area (Å²) in [6.07, 6.45) is 2.68. The lowest BCUT2D eigenvalue weighted by atomic mass is 10.0. The average molecular weight is 166 g/mol. The fourth-order valence-corrected chi connectivity index (χ4v) is 1.53. The average Bonchev–Trinajstić information content (AvgIpc) is 2.47. The maximum Gasteiger partial charge on any atom is 0.235 e. The third-order valence-electron chi connectivity index (χ3n) is 2.32. The summed E-state index contributed by atoms with van der Waals surface area (Å²) in [5.74, 6) is 0.520.